The largest absolute Gasteiger partial charge is 0.478 e. The Labute approximate surface area is 135 Å². The molecule has 1 aliphatic heterocycles. The summed E-state index contributed by atoms with van der Waals surface area (Å²) in [5.41, 5.74) is 1.14. The number of carbonyl (C=O) groups is 2. The molecule has 0 unspecified atom stereocenters. The van der Waals surface area contributed by atoms with Crippen molar-refractivity contribution in [1.82, 2.24) is 4.90 Å². The average Bonchev–Trinajstić information content (AvgIpc) is 2.79. The fraction of sp³-hybridized carbons (Fsp3) is 0.529. The smallest absolute Gasteiger partial charge is 0.410 e. The number of amides is 1. The van der Waals surface area contributed by atoms with Crippen LogP contribution in [0.25, 0.3) is 0 Å². The molecule has 1 aromatic rings. The lowest BCUT2D eigenvalue weighted by molar-refractivity contribution is 0.0206. The number of hydrogen-bond acceptors (Lipinski definition) is 4. The molecule has 0 spiro atoms. The number of carboxylic acids is 1. The third-order valence-corrected chi connectivity index (χ3v) is 3.79. The number of aliphatic hydroxyl groups is 1. The summed E-state index contributed by atoms with van der Waals surface area (Å²) in [4.78, 5) is 25.1. The number of nitrogens with zero attached hydrogens (tertiary/aromatic N) is 1. The predicted molar refractivity (Wildman–Crippen MR) is 84.4 cm³/mol. The van der Waals surface area contributed by atoms with E-state index in [9.17, 15) is 14.7 Å². The maximum absolute atomic E-state index is 12.4. The molecule has 1 amide bonds. The van der Waals surface area contributed by atoms with Crippen LogP contribution in [0.4, 0.5) is 4.79 Å². The first kappa shape index (κ1) is 17.3. The topological polar surface area (TPSA) is 87.1 Å². The van der Waals surface area contributed by atoms with Crippen molar-refractivity contribution in [2.75, 3.05) is 6.54 Å². The molecule has 6 nitrogen and oxygen atoms in total. The van der Waals surface area contributed by atoms with Crippen LogP contribution in [-0.4, -0.2) is 45.4 Å². The number of β-amino-alcohol motifs (C(OH)–C–C–N with tert-alkyl or cyclic N) is 1. The molecule has 126 valence electrons. The average molecular weight is 321 g/mol. The molecular formula is C17H23NO5. The molecule has 6 heteroatoms. The van der Waals surface area contributed by atoms with Crippen LogP contribution in [0.1, 0.15) is 54.7 Å². The van der Waals surface area contributed by atoms with Gasteiger partial charge in [0.05, 0.1) is 24.3 Å². The lowest BCUT2D eigenvalue weighted by Gasteiger charge is -2.29. The van der Waals surface area contributed by atoms with Gasteiger partial charge < -0.3 is 14.9 Å². The summed E-state index contributed by atoms with van der Waals surface area (Å²) < 4.78 is 5.40. The highest BCUT2D eigenvalue weighted by Gasteiger charge is 2.38. The molecule has 0 radical (unpaired) electrons. The van der Waals surface area contributed by atoms with E-state index in [-0.39, 0.29) is 18.2 Å². The van der Waals surface area contributed by atoms with Gasteiger partial charge >= 0.3 is 12.1 Å². The molecule has 0 saturated carbocycles. The van der Waals surface area contributed by atoms with Crippen LogP contribution >= 0.6 is 0 Å². The SMILES string of the molecule is Cc1ccc(C(=O)O)cc1[C@H]1C[C@@H](O)CN1C(=O)OC(C)(C)C. The molecule has 1 aromatic carbocycles. The van der Waals surface area contributed by atoms with Gasteiger partial charge in [-0.1, -0.05) is 6.07 Å². The first-order valence-electron chi connectivity index (χ1n) is 7.60. The number of carbonyl (C=O) groups excluding carboxylic acids is 1. The Bertz CT molecular complexity index is 620. The molecule has 2 atom stereocenters. The number of likely N-dealkylation sites (tertiary alicyclic amines) is 1. The quantitative estimate of drug-likeness (QED) is 0.874. The highest BCUT2D eigenvalue weighted by molar-refractivity contribution is 5.88. The second kappa shape index (κ2) is 6.20. The first-order chi connectivity index (χ1) is 10.6. The highest BCUT2D eigenvalue weighted by Crippen LogP contribution is 2.35. The van der Waals surface area contributed by atoms with Crippen molar-refractivity contribution < 1.29 is 24.5 Å². The maximum Gasteiger partial charge on any atom is 0.410 e. The number of carboxylic acid groups (broad SMARTS) is 1. The Hall–Kier alpha value is -2.08. The van der Waals surface area contributed by atoms with Gasteiger partial charge in [0.2, 0.25) is 0 Å². The van der Waals surface area contributed by atoms with Gasteiger partial charge in [0.25, 0.3) is 0 Å². The first-order valence-corrected chi connectivity index (χ1v) is 7.60. The Morgan fingerprint density at radius 1 is 1.30 bits per heavy atom. The zero-order valence-corrected chi connectivity index (χ0v) is 13.9. The lowest BCUT2D eigenvalue weighted by atomic mass is 9.96. The van der Waals surface area contributed by atoms with E-state index in [1.807, 2.05) is 6.92 Å². The molecule has 1 aliphatic rings. The number of aromatic carboxylic acids is 1. The van der Waals surface area contributed by atoms with Crippen LogP contribution in [0.3, 0.4) is 0 Å². The molecule has 23 heavy (non-hydrogen) atoms. The highest BCUT2D eigenvalue weighted by atomic mass is 16.6. The van der Waals surface area contributed by atoms with Gasteiger partial charge in [0, 0.05) is 0 Å². The molecule has 1 fully saturated rings. The van der Waals surface area contributed by atoms with E-state index in [0.29, 0.717) is 6.42 Å². The van der Waals surface area contributed by atoms with Crippen molar-refractivity contribution in [3.8, 4) is 0 Å². The second-order valence-corrected chi connectivity index (χ2v) is 6.91. The minimum atomic E-state index is -1.02. The van der Waals surface area contributed by atoms with Gasteiger partial charge in [0.1, 0.15) is 5.60 Å². The van der Waals surface area contributed by atoms with E-state index in [0.717, 1.165) is 11.1 Å². The van der Waals surface area contributed by atoms with Crippen LogP contribution in [-0.2, 0) is 4.74 Å². The number of aryl methyl sites for hydroxylation is 1. The lowest BCUT2D eigenvalue weighted by Crippen LogP contribution is -2.37. The summed E-state index contributed by atoms with van der Waals surface area (Å²) in [6.07, 6.45) is -0.789. The Balaban J connectivity index is 2.34. The summed E-state index contributed by atoms with van der Waals surface area (Å²) in [7, 11) is 0. The molecule has 0 bridgehead atoms. The van der Waals surface area contributed by atoms with E-state index in [4.69, 9.17) is 9.84 Å². The number of ether oxygens (including phenoxy) is 1. The van der Waals surface area contributed by atoms with Crippen molar-refractivity contribution in [2.45, 2.75) is 51.9 Å². The van der Waals surface area contributed by atoms with E-state index < -0.39 is 23.8 Å². The monoisotopic (exact) mass is 321 g/mol. The number of rotatable bonds is 2. The van der Waals surface area contributed by atoms with Crippen LogP contribution in [0.15, 0.2) is 18.2 Å². The summed E-state index contributed by atoms with van der Waals surface area (Å²) in [6, 6.07) is 4.43. The zero-order chi connectivity index (χ0) is 17.4. The van der Waals surface area contributed by atoms with Gasteiger partial charge in [-0.15, -0.1) is 0 Å². The van der Waals surface area contributed by atoms with Crippen molar-refractivity contribution in [3.05, 3.63) is 34.9 Å². The summed E-state index contributed by atoms with van der Waals surface area (Å²) >= 11 is 0. The summed E-state index contributed by atoms with van der Waals surface area (Å²) in [5.74, 6) is -1.02. The molecule has 0 aliphatic carbocycles. The Morgan fingerprint density at radius 3 is 2.52 bits per heavy atom. The number of benzene rings is 1. The van der Waals surface area contributed by atoms with Gasteiger partial charge in [-0.2, -0.15) is 0 Å². The molecule has 1 heterocycles. The maximum atomic E-state index is 12.4. The Kier molecular flexibility index (Phi) is 4.66. The van der Waals surface area contributed by atoms with Crippen molar-refractivity contribution >= 4 is 12.1 Å². The van der Waals surface area contributed by atoms with Gasteiger partial charge in [0.15, 0.2) is 0 Å². The van der Waals surface area contributed by atoms with Gasteiger partial charge in [-0.3, -0.25) is 4.90 Å². The van der Waals surface area contributed by atoms with E-state index >= 15 is 0 Å². The molecule has 0 aromatic heterocycles. The van der Waals surface area contributed by atoms with Crippen LogP contribution in [0.2, 0.25) is 0 Å². The van der Waals surface area contributed by atoms with Crippen LogP contribution in [0, 0.1) is 6.92 Å². The predicted octanol–water partition coefficient (Wildman–Crippen LogP) is 2.74. The number of hydrogen-bond donors (Lipinski definition) is 2. The van der Waals surface area contributed by atoms with Crippen molar-refractivity contribution in [2.24, 2.45) is 0 Å². The molecular weight excluding hydrogens is 298 g/mol. The minimum Gasteiger partial charge on any atom is -0.478 e. The van der Waals surface area contributed by atoms with Crippen LogP contribution in [0.5, 0.6) is 0 Å². The zero-order valence-electron chi connectivity index (χ0n) is 13.9. The van der Waals surface area contributed by atoms with Gasteiger partial charge in [-0.25, -0.2) is 9.59 Å². The van der Waals surface area contributed by atoms with E-state index in [1.54, 1.807) is 32.9 Å². The van der Waals surface area contributed by atoms with Crippen molar-refractivity contribution in [1.29, 1.82) is 0 Å². The van der Waals surface area contributed by atoms with E-state index in [1.165, 1.54) is 11.0 Å². The molecule has 1 saturated heterocycles. The second-order valence-electron chi connectivity index (χ2n) is 6.91. The summed E-state index contributed by atoms with van der Waals surface area (Å²) in [6.45, 7) is 7.38. The fourth-order valence-electron chi connectivity index (χ4n) is 2.76. The van der Waals surface area contributed by atoms with Crippen molar-refractivity contribution in [3.63, 3.8) is 0 Å². The van der Waals surface area contributed by atoms with E-state index in [2.05, 4.69) is 0 Å². The van der Waals surface area contributed by atoms with Gasteiger partial charge in [-0.05, 0) is 57.4 Å². The summed E-state index contributed by atoms with van der Waals surface area (Å²) in [5, 5.41) is 19.2. The molecule has 2 N–H and O–H groups in total. The number of aliphatic hydroxyl groups excluding tert-OH is 1. The minimum absolute atomic E-state index is 0.163. The third kappa shape index (κ3) is 4.01. The molecule has 2 rings (SSSR count). The fourth-order valence-corrected chi connectivity index (χ4v) is 2.76. The van der Waals surface area contributed by atoms with Crippen LogP contribution < -0.4 is 0 Å². The Morgan fingerprint density at radius 2 is 1.96 bits per heavy atom. The normalized spacial score (nSPS) is 21.3. The standard InChI is InChI=1S/C17H23NO5/c1-10-5-6-11(15(20)21)7-13(10)14-8-12(19)9-18(14)16(22)23-17(2,3)4/h5-7,12,14,19H,8-9H2,1-4H3,(H,20,21)/t12-,14-/m1/s1. The third-order valence-electron chi connectivity index (χ3n) is 3.79.